The number of benzene rings is 3. The van der Waals surface area contributed by atoms with Crippen LogP contribution >= 0.6 is 39.1 Å². The van der Waals surface area contributed by atoms with Crippen LogP contribution in [0.5, 0.6) is 5.75 Å². The van der Waals surface area contributed by atoms with Gasteiger partial charge in [-0.25, -0.2) is 0 Å². The molecule has 7 heteroatoms. The van der Waals surface area contributed by atoms with Gasteiger partial charge in [0, 0.05) is 35.6 Å². The lowest BCUT2D eigenvalue weighted by Gasteiger charge is -2.28. The second-order valence-electron chi connectivity index (χ2n) is 7.07. The van der Waals surface area contributed by atoms with Crippen molar-refractivity contribution in [1.82, 2.24) is 0 Å². The van der Waals surface area contributed by atoms with Crippen LogP contribution in [0.15, 0.2) is 70.1 Å². The molecule has 1 aliphatic rings. The van der Waals surface area contributed by atoms with E-state index >= 15 is 0 Å². The molecule has 3 aromatic rings. The summed E-state index contributed by atoms with van der Waals surface area (Å²) < 4.78 is 12.1. The van der Waals surface area contributed by atoms with Gasteiger partial charge in [-0.15, -0.1) is 0 Å². The molecule has 1 saturated heterocycles. The van der Waals surface area contributed by atoms with Crippen LogP contribution in [0.1, 0.15) is 11.1 Å². The minimum absolute atomic E-state index is 0.334. The molecule has 1 aliphatic heterocycles. The average Bonchev–Trinajstić information content (AvgIpc) is 2.79. The summed E-state index contributed by atoms with van der Waals surface area (Å²) in [6.07, 6.45) is 1.79. The summed E-state index contributed by atoms with van der Waals surface area (Å²) in [5.74, 6) is 0.577. The van der Waals surface area contributed by atoms with Crippen molar-refractivity contribution in [3.05, 3.63) is 86.3 Å². The second-order valence-corrected chi connectivity index (χ2v) is 8.74. The van der Waals surface area contributed by atoms with E-state index in [0.29, 0.717) is 22.4 Å². The molecule has 4 rings (SSSR count). The van der Waals surface area contributed by atoms with Crippen LogP contribution < -0.4 is 9.64 Å². The molecule has 0 atom stereocenters. The van der Waals surface area contributed by atoms with E-state index < -0.39 is 0 Å². The molecule has 0 unspecified atom stereocenters. The van der Waals surface area contributed by atoms with Gasteiger partial charge < -0.3 is 14.4 Å². The lowest BCUT2D eigenvalue weighted by Crippen LogP contribution is -2.36. The Kier molecular flexibility index (Phi) is 7.51. The number of morpholine rings is 1. The van der Waals surface area contributed by atoms with E-state index in [9.17, 15) is 0 Å². The van der Waals surface area contributed by atoms with Gasteiger partial charge in [-0.05, 0) is 64.0 Å². The van der Waals surface area contributed by atoms with E-state index in [-0.39, 0.29) is 0 Å². The first-order chi connectivity index (χ1) is 15.1. The smallest absolute Gasteiger partial charge is 0.152 e. The van der Waals surface area contributed by atoms with E-state index in [1.807, 2.05) is 48.5 Å². The maximum atomic E-state index is 6.46. The summed E-state index contributed by atoms with van der Waals surface area (Å²) in [5.41, 5.74) is 3.84. The first-order valence-electron chi connectivity index (χ1n) is 9.92. The van der Waals surface area contributed by atoms with Gasteiger partial charge >= 0.3 is 0 Å². The van der Waals surface area contributed by atoms with Crippen molar-refractivity contribution in [3.63, 3.8) is 0 Å². The highest BCUT2D eigenvalue weighted by molar-refractivity contribution is 9.10. The van der Waals surface area contributed by atoms with E-state index in [1.165, 1.54) is 5.69 Å². The number of anilines is 1. The van der Waals surface area contributed by atoms with Crippen LogP contribution in [0.25, 0.3) is 0 Å². The Morgan fingerprint density at radius 2 is 1.74 bits per heavy atom. The first kappa shape index (κ1) is 22.2. The monoisotopic (exact) mass is 518 g/mol. The Labute approximate surface area is 200 Å². The molecule has 1 heterocycles. The molecule has 0 aromatic heterocycles. The van der Waals surface area contributed by atoms with Crippen molar-refractivity contribution in [2.24, 2.45) is 4.99 Å². The Morgan fingerprint density at radius 3 is 2.45 bits per heavy atom. The van der Waals surface area contributed by atoms with Crippen LogP contribution in [0.2, 0.25) is 10.0 Å². The standard InChI is InChI=1S/C24H21BrCl2N2O2/c25-21-13-17(14-23(27)24(21)31-16-18-3-1-2-4-22(18)26)15-28-19-5-7-20(8-6-19)29-9-11-30-12-10-29/h1-8,13-15H,9-12,16H2. The molecule has 3 aromatic carbocycles. The fourth-order valence-corrected chi connectivity index (χ4v) is 4.46. The van der Waals surface area contributed by atoms with Gasteiger partial charge in [0.1, 0.15) is 6.61 Å². The average molecular weight is 520 g/mol. The van der Waals surface area contributed by atoms with Gasteiger partial charge in [-0.1, -0.05) is 41.4 Å². The third-order valence-corrected chi connectivity index (χ3v) is 6.18. The number of aliphatic imine (C=N–C) groups is 1. The molecule has 0 spiro atoms. The van der Waals surface area contributed by atoms with Crippen LogP contribution in [0, 0.1) is 0 Å². The van der Waals surface area contributed by atoms with Crippen LogP contribution in [0.4, 0.5) is 11.4 Å². The molecule has 0 bridgehead atoms. The minimum Gasteiger partial charge on any atom is -0.486 e. The Bertz CT molecular complexity index is 1040. The highest BCUT2D eigenvalue weighted by Crippen LogP contribution is 2.35. The quantitative estimate of drug-likeness (QED) is 0.331. The van der Waals surface area contributed by atoms with Crippen molar-refractivity contribution in [2.45, 2.75) is 6.61 Å². The largest absolute Gasteiger partial charge is 0.486 e. The molecule has 160 valence electrons. The van der Waals surface area contributed by atoms with Gasteiger partial charge in [0.15, 0.2) is 5.75 Å². The summed E-state index contributed by atoms with van der Waals surface area (Å²) in [6.45, 7) is 3.71. The molecule has 4 nitrogen and oxygen atoms in total. The van der Waals surface area contributed by atoms with E-state index in [2.05, 4.69) is 38.0 Å². The van der Waals surface area contributed by atoms with Crippen molar-refractivity contribution < 1.29 is 9.47 Å². The number of hydrogen-bond donors (Lipinski definition) is 0. The molecular formula is C24H21BrCl2N2O2. The maximum Gasteiger partial charge on any atom is 0.152 e. The third-order valence-electron chi connectivity index (χ3n) is 4.94. The van der Waals surface area contributed by atoms with Gasteiger partial charge in [0.05, 0.1) is 28.4 Å². The van der Waals surface area contributed by atoms with Crippen LogP contribution in [0.3, 0.4) is 0 Å². The third kappa shape index (κ3) is 5.80. The predicted molar refractivity (Wildman–Crippen MR) is 132 cm³/mol. The molecule has 0 N–H and O–H groups in total. The predicted octanol–water partition coefficient (Wildman–Crippen LogP) is 6.92. The van der Waals surface area contributed by atoms with E-state index in [0.717, 1.165) is 47.6 Å². The summed E-state index contributed by atoms with van der Waals surface area (Å²) in [4.78, 5) is 6.89. The van der Waals surface area contributed by atoms with Gasteiger partial charge in [-0.3, -0.25) is 4.99 Å². The zero-order valence-electron chi connectivity index (χ0n) is 16.7. The maximum absolute atomic E-state index is 6.46. The SMILES string of the molecule is Clc1ccccc1COc1c(Cl)cc(C=Nc2ccc(N3CCOCC3)cc2)cc1Br. The van der Waals surface area contributed by atoms with Crippen LogP contribution in [-0.2, 0) is 11.3 Å². The van der Waals surface area contributed by atoms with Crippen molar-refractivity contribution >= 4 is 56.7 Å². The van der Waals surface area contributed by atoms with Crippen molar-refractivity contribution in [1.29, 1.82) is 0 Å². The normalized spacial score (nSPS) is 14.2. The summed E-state index contributed by atoms with van der Waals surface area (Å²) in [5, 5.41) is 1.17. The summed E-state index contributed by atoms with van der Waals surface area (Å²) in [6, 6.07) is 19.5. The molecular weight excluding hydrogens is 499 g/mol. The van der Waals surface area contributed by atoms with Crippen molar-refractivity contribution in [2.75, 3.05) is 31.2 Å². The zero-order chi connectivity index (χ0) is 21.6. The topological polar surface area (TPSA) is 34.1 Å². The molecule has 1 fully saturated rings. The molecule has 31 heavy (non-hydrogen) atoms. The van der Waals surface area contributed by atoms with Gasteiger partial charge in [0.2, 0.25) is 0 Å². The Hall–Kier alpha value is -2.05. The molecule has 0 radical (unpaired) electrons. The summed E-state index contributed by atoms with van der Waals surface area (Å²) >= 11 is 16.2. The lowest BCUT2D eigenvalue weighted by molar-refractivity contribution is 0.122. The lowest BCUT2D eigenvalue weighted by atomic mass is 10.2. The fraction of sp³-hybridized carbons (Fsp3) is 0.208. The number of rotatable bonds is 6. The Morgan fingerprint density at radius 1 is 1.00 bits per heavy atom. The number of hydrogen-bond acceptors (Lipinski definition) is 4. The Balaban J connectivity index is 1.43. The first-order valence-corrected chi connectivity index (χ1v) is 11.5. The molecule has 0 aliphatic carbocycles. The minimum atomic E-state index is 0.334. The second kappa shape index (κ2) is 10.5. The molecule has 0 amide bonds. The van der Waals surface area contributed by atoms with Crippen molar-refractivity contribution in [3.8, 4) is 5.75 Å². The van der Waals surface area contributed by atoms with E-state index in [4.69, 9.17) is 32.7 Å². The molecule has 0 saturated carbocycles. The summed E-state index contributed by atoms with van der Waals surface area (Å²) in [7, 11) is 0. The zero-order valence-corrected chi connectivity index (χ0v) is 19.8. The van der Waals surface area contributed by atoms with Crippen LogP contribution in [-0.4, -0.2) is 32.5 Å². The van der Waals surface area contributed by atoms with E-state index in [1.54, 1.807) is 6.21 Å². The number of nitrogens with zero attached hydrogens (tertiary/aromatic N) is 2. The highest BCUT2D eigenvalue weighted by Gasteiger charge is 2.12. The fourth-order valence-electron chi connectivity index (χ4n) is 3.28. The number of ether oxygens (including phenoxy) is 2. The highest BCUT2D eigenvalue weighted by atomic mass is 79.9. The van der Waals surface area contributed by atoms with Gasteiger partial charge in [-0.2, -0.15) is 0 Å². The van der Waals surface area contributed by atoms with Gasteiger partial charge in [0.25, 0.3) is 0 Å². The number of halogens is 3.